The second-order valence-electron chi connectivity index (χ2n) is 6.59. The maximum Gasteiger partial charge on any atom is 0.265 e. The summed E-state index contributed by atoms with van der Waals surface area (Å²) in [7, 11) is 0. The highest BCUT2D eigenvalue weighted by atomic mass is 32.1. The summed E-state index contributed by atoms with van der Waals surface area (Å²) >= 11 is 1.41. The third-order valence-corrected chi connectivity index (χ3v) is 6.28. The Morgan fingerprint density at radius 2 is 2.13 bits per heavy atom. The van der Waals surface area contributed by atoms with Gasteiger partial charge in [0.1, 0.15) is 4.88 Å². The smallest absolute Gasteiger partial charge is 0.265 e. The third-order valence-electron chi connectivity index (χ3n) is 4.97. The van der Waals surface area contributed by atoms with Crippen LogP contribution >= 0.6 is 11.3 Å². The molecule has 1 saturated carbocycles. The number of aryl methyl sites for hydroxylation is 1. The van der Waals surface area contributed by atoms with Crippen LogP contribution in [0.2, 0.25) is 0 Å². The fraction of sp³-hybridized carbons (Fsp3) is 0.750. The number of halogens is 2. The topological polar surface area (TPSA) is 53.4 Å². The molecule has 0 bridgehead atoms. The average molecular weight is 344 g/mol. The lowest BCUT2D eigenvalue weighted by Gasteiger charge is -2.37. The minimum Gasteiger partial charge on any atom is -0.396 e. The molecule has 23 heavy (non-hydrogen) atoms. The number of aliphatic hydroxyl groups is 1. The van der Waals surface area contributed by atoms with Crippen molar-refractivity contribution in [3.63, 3.8) is 0 Å². The Morgan fingerprint density at radius 1 is 1.43 bits per heavy atom. The van der Waals surface area contributed by atoms with E-state index >= 15 is 0 Å². The van der Waals surface area contributed by atoms with Gasteiger partial charge in [-0.05, 0) is 19.8 Å². The van der Waals surface area contributed by atoms with Gasteiger partial charge in [0.15, 0.2) is 0 Å². The fourth-order valence-electron chi connectivity index (χ4n) is 3.46. The maximum absolute atomic E-state index is 13.7. The number of hydrogen-bond donors (Lipinski definition) is 1. The molecule has 1 unspecified atom stereocenters. The quantitative estimate of drug-likeness (QED) is 0.916. The molecule has 3 rings (SSSR count). The van der Waals surface area contributed by atoms with E-state index < -0.39 is 24.9 Å². The molecule has 0 spiro atoms. The first kappa shape index (κ1) is 16.8. The molecule has 128 valence electrons. The normalized spacial score (nSPS) is 25.0. The highest BCUT2D eigenvalue weighted by molar-refractivity contribution is 7.13. The number of likely N-dealkylation sites (tertiary alicyclic amines) is 1. The zero-order chi connectivity index (χ0) is 16.6. The first-order valence-electron chi connectivity index (χ1n) is 8.17. The van der Waals surface area contributed by atoms with Crippen LogP contribution in [0.4, 0.5) is 8.78 Å². The van der Waals surface area contributed by atoms with Gasteiger partial charge in [-0.25, -0.2) is 13.8 Å². The molecule has 1 aliphatic heterocycles. The number of carbonyl (C=O) groups excluding carboxylic acids is 1. The molecule has 0 aromatic carbocycles. The summed E-state index contributed by atoms with van der Waals surface area (Å²) in [6.07, 6.45) is 4.24. The summed E-state index contributed by atoms with van der Waals surface area (Å²) in [5.74, 6) is -3.86. The van der Waals surface area contributed by atoms with Crippen LogP contribution in [-0.2, 0) is 0 Å². The predicted molar refractivity (Wildman–Crippen MR) is 84.1 cm³/mol. The second-order valence-corrected chi connectivity index (χ2v) is 7.62. The lowest BCUT2D eigenvalue weighted by molar-refractivity contribution is -0.113. The number of nitrogens with zero attached hydrogens (tertiary/aromatic N) is 2. The number of piperidine rings is 1. The SMILES string of the molecule is Cc1nc(C2CCCC2)sc1C(=O)N1CCC(F)(F)C(CO)C1. The molecule has 1 saturated heterocycles. The molecule has 2 fully saturated rings. The zero-order valence-electron chi connectivity index (χ0n) is 13.2. The van der Waals surface area contributed by atoms with E-state index in [-0.39, 0.29) is 19.0 Å². The summed E-state index contributed by atoms with van der Waals surface area (Å²) in [4.78, 5) is 19.2. The largest absolute Gasteiger partial charge is 0.396 e. The van der Waals surface area contributed by atoms with Crippen LogP contribution in [0.1, 0.15) is 58.4 Å². The molecular weight excluding hydrogens is 322 g/mol. The van der Waals surface area contributed by atoms with Gasteiger partial charge in [0.25, 0.3) is 11.8 Å². The van der Waals surface area contributed by atoms with E-state index in [9.17, 15) is 18.7 Å². The maximum atomic E-state index is 13.7. The fourth-order valence-corrected chi connectivity index (χ4v) is 4.67. The standard InChI is InChI=1S/C16H22F2N2O2S/c1-10-13(23-14(19-10)11-4-2-3-5-11)15(22)20-7-6-16(17,18)12(8-20)9-21/h11-12,21H,2-9H2,1H3. The van der Waals surface area contributed by atoms with Crippen molar-refractivity contribution in [2.75, 3.05) is 19.7 Å². The molecule has 2 aliphatic rings. The first-order chi connectivity index (χ1) is 10.9. The van der Waals surface area contributed by atoms with Crippen molar-refractivity contribution in [1.82, 2.24) is 9.88 Å². The van der Waals surface area contributed by atoms with E-state index in [1.54, 1.807) is 0 Å². The van der Waals surface area contributed by atoms with Crippen LogP contribution < -0.4 is 0 Å². The van der Waals surface area contributed by atoms with Gasteiger partial charge in [0.2, 0.25) is 0 Å². The summed E-state index contributed by atoms with van der Waals surface area (Å²) in [5.41, 5.74) is 0.694. The summed E-state index contributed by atoms with van der Waals surface area (Å²) in [5, 5.41) is 10.2. The van der Waals surface area contributed by atoms with Crippen molar-refractivity contribution in [1.29, 1.82) is 0 Å². The number of rotatable bonds is 3. The Labute approximate surface area is 138 Å². The Morgan fingerprint density at radius 3 is 2.78 bits per heavy atom. The molecule has 1 aromatic heterocycles. The van der Waals surface area contributed by atoms with Crippen LogP contribution in [0, 0.1) is 12.8 Å². The lowest BCUT2D eigenvalue weighted by atomic mass is 9.94. The molecular formula is C16H22F2N2O2S. The number of hydrogen-bond acceptors (Lipinski definition) is 4. The number of aromatic nitrogens is 1. The van der Waals surface area contributed by atoms with E-state index in [0.29, 0.717) is 16.5 Å². The van der Waals surface area contributed by atoms with Crippen LogP contribution in [0.3, 0.4) is 0 Å². The highest BCUT2D eigenvalue weighted by Crippen LogP contribution is 2.38. The average Bonchev–Trinajstić information content (AvgIpc) is 3.15. The van der Waals surface area contributed by atoms with Gasteiger partial charge >= 0.3 is 0 Å². The van der Waals surface area contributed by atoms with Crippen LogP contribution in [0.15, 0.2) is 0 Å². The van der Waals surface area contributed by atoms with Crippen LogP contribution in [0.25, 0.3) is 0 Å². The number of carbonyl (C=O) groups is 1. The van der Waals surface area contributed by atoms with Gasteiger partial charge in [-0.15, -0.1) is 11.3 Å². The minimum absolute atomic E-state index is 0.0262. The van der Waals surface area contributed by atoms with Crippen molar-refractivity contribution in [2.45, 2.75) is 50.9 Å². The van der Waals surface area contributed by atoms with E-state index in [2.05, 4.69) is 4.98 Å². The highest BCUT2D eigenvalue weighted by Gasteiger charge is 2.45. The molecule has 2 heterocycles. The van der Waals surface area contributed by atoms with E-state index in [1.165, 1.54) is 29.1 Å². The third kappa shape index (κ3) is 3.26. The van der Waals surface area contributed by atoms with Crippen molar-refractivity contribution < 1.29 is 18.7 Å². The minimum atomic E-state index is -2.90. The van der Waals surface area contributed by atoms with Crippen LogP contribution in [-0.4, -0.2) is 46.5 Å². The second kappa shape index (κ2) is 6.43. The molecule has 1 aromatic rings. The first-order valence-corrected chi connectivity index (χ1v) is 8.99. The monoisotopic (exact) mass is 344 g/mol. The Kier molecular flexibility index (Phi) is 4.69. The van der Waals surface area contributed by atoms with Crippen molar-refractivity contribution in [3.8, 4) is 0 Å². The van der Waals surface area contributed by atoms with Gasteiger partial charge in [0.05, 0.1) is 23.2 Å². The summed E-state index contributed by atoms with van der Waals surface area (Å²) in [6, 6.07) is 0. The number of amides is 1. The van der Waals surface area contributed by atoms with Gasteiger partial charge in [-0.3, -0.25) is 4.79 Å². The van der Waals surface area contributed by atoms with Gasteiger partial charge in [-0.1, -0.05) is 12.8 Å². The van der Waals surface area contributed by atoms with Gasteiger partial charge in [-0.2, -0.15) is 0 Å². The zero-order valence-corrected chi connectivity index (χ0v) is 14.0. The number of alkyl halides is 2. The predicted octanol–water partition coefficient (Wildman–Crippen LogP) is 3.20. The molecule has 1 N–H and O–H groups in total. The Bertz CT molecular complexity index is 585. The Hall–Kier alpha value is -1.08. The summed E-state index contributed by atoms with van der Waals surface area (Å²) < 4.78 is 27.4. The van der Waals surface area contributed by atoms with Gasteiger partial charge < -0.3 is 10.0 Å². The molecule has 7 heteroatoms. The lowest BCUT2D eigenvalue weighted by Crippen LogP contribution is -2.50. The molecule has 1 amide bonds. The van der Waals surface area contributed by atoms with E-state index in [0.717, 1.165) is 17.8 Å². The number of thiazole rings is 1. The van der Waals surface area contributed by atoms with E-state index in [1.807, 2.05) is 6.92 Å². The molecule has 0 radical (unpaired) electrons. The van der Waals surface area contributed by atoms with Crippen LogP contribution in [0.5, 0.6) is 0 Å². The Balaban J connectivity index is 1.75. The van der Waals surface area contributed by atoms with E-state index in [4.69, 9.17) is 0 Å². The molecule has 4 nitrogen and oxygen atoms in total. The number of aliphatic hydroxyl groups excluding tert-OH is 1. The molecule has 1 atom stereocenters. The summed E-state index contributed by atoms with van der Waals surface area (Å²) in [6.45, 7) is 1.13. The van der Waals surface area contributed by atoms with Crippen molar-refractivity contribution in [3.05, 3.63) is 15.6 Å². The molecule has 1 aliphatic carbocycles. The van der Waals surface area contributed by atoms with Crippen molar-refractivity contribution in [2.24, 2.45) is 5.92 Å². The van der Waals surface area contributed by atoms with Gasteiger partial charge in [0, 0.05) is 25.4 Å². The van der Waals surface area contributed by atoms with Crippen molar-refractivity contribution >= 4 is 17.2 Å².